The van der Waals surface area contributed by atoms with Crippen molar-refractivity contribution in [1.29, 1.82) is 0 Å². The van der Waals surface area contributed by atoms with Crippen LogP contribution in [0.15, 0.2) is 91.0 Å². The molecule has 6 heteroatoms. The lowest BCUT2D eigenvalue weighted by Crippen LogP contribution is -2.65. The second kappa shape index (κ2) is 12.1. The summed E-state index contributed by atoms with van der Waals surface area (Å²) in [5.41, 5.74) is 3.05. The van der Waals surface area contributed by atoms with Crippen molar-refractivity contribution >= 4 is 0 Å². The maximum absolute atomic E-state index is 7.20. The van der Waals surface area contributed by atoms with E-state index < -0.39 is 24.8 Å². The summed E-state index contributed by atoms with van der Waals surface area (Å²) in [7, 11) is 0. The highest BCUT2D eigenvalue weighted by Gasteiger charge is 2.57. The van der Waals surface area contributed by atoms with E-state index in [2.05, 4.69) is 24.3 Å². The van der Waals surface area contributed by atoms with Crippen molar-refractivity contribution in [3.8, 4) is 0 Å². The topological polar surface area (TPSA) is 55.4 Å². The zero-order valence-electron chi connectivity index (χ0n) is 24.7. The standard InChI is InChI=1S/C37H42O6/c1-4-10-25(11-5-1)22-38-33-32-31(24-40-35(42-32)30-14-8-3-9-15-30)41-36(34(33)39-23-26-12-6-2-7-13-26)43-37-19-27-16-28(20-37)18-29(17-27)21-37/h1-15,27-29,31-36H,16-24H2/t27?,28?,29?,31?,32-,33-,34?,35?,36-,37?/m0/s1. The fourth-order valence-electron chi connectivity index (χ4n) is 8.74. The first-order chi connectivity index (χ1) is 21.2. The number of rotatable bonds is 9. The third-order valence-electron chi connectivity index (χ3n) is 10.3. The van der Waals surface area contributed by atoms with Crippen molar-refractivity contribution in [3.63, 3.8) is 0 Å². The molecular formula is C37H42O6. The van der Waals surface area contributed by atoms with Gasteiger partial charge in [-0.3, -0.25) is 0 Å². The smallest absolute Gasteiger partial charge is 0.187 e. The molecule has 4 aliphatic carbocycles. The van der Waals surface area contributed by atoms with Crippen LogP contribution in [0.25, 0.3) is 0 Å². The predicted molar refractivity (Wildman–Crippen MR) is 161 cm³/mol. The number of hydrogen-bond donors (Lipinski definition) is 0. The van der Waals surface area contributed by atoms with Gasteiger partial charge in [0.15, 0.2) is 12.6 Å². The lowest BCUT2D eigenvalue weighted by molar-refractivity contribution is -0.391. The molecule has 6 aliphatic rings. The van der Waals surface area contributed by atoms with E-state index >= 15 is 0 Å². The van der Waals surface area contributed by atoms with E-state index in [0.717, 1.165) is 53.7 Å². The quantitative estimate of drug-likeness (QED) is 0.271. The van der Waals surface area contributed by atoms with Crippen molar-refractivity contribution < 1.29 is 28.4 Å². The maximum Gasteiger partial charge on any atom is 0.187 e. The highest BCUT2D eigenvalue weighted by Crippen LogP contribution is 2.58. The molecule has 2 saturated heterocycles. The molecule has 0 N–H and O–H groups in total. The van der Waals surface area contributed by atoms with E-state index in [9.17, 15) is 0 Å². The molecule has 3 aromatic rings. The van der Waals surface area contributed by atoms with Gasteiger partial charge < -0.3 is 28.4 Å². The highest BCUT2D eigenvalue weighted by atomic mass is 16.8. The fraction of sp³-hybridized carbons (Fsp3) is 0.514. The minimum atomic E-state index is -0.567. The zero-order valence-corrected chi connectivity index (χ0v) is 24.7. The first-order valence-corrected chi connectivity index (χ1v) is 16.2. The molecule has 9 rings (SSSR count). The molecule has 226 valence electrons. The van der Waals surface area contributed by atoms with Gasteiger partial charge >= 0.3 is 0 Å². The molecule has 6 atom stereocenters. The lowest BCUT2D eigenvalue weighted by atomic mass is 9.54. The van der Waals surface area contributed by atoms with Crippen LogP contribution in [0, 0.1) is 17.8 Å². The number of ether oxygens (including phenoxy) is 6. The average molecular weight is 583 g/mol. The van der Waals surface area contributed by atoms with Gasteiger partial charge in [0, 0.05) is 5.56 Å². The molecule has 0 amide bonds. The Morgan fingerprint density at radius 1 is 0.628 bits per heavy atom. The molecule has 0 spiro atoms. The highest BCUT2D eigenvalue weighted by molar-refractivity contribution is 5.18. The Bertz CT molecular complexity index is 1300. The molecule has 4 bridgehead atoms. The van der Waals surface area contributed by atoms with Gasteiger partial charge in [0.2, 0.25) is 0 Å². The molecule has 4 saturated carbocycles. The van der Waals surface area contributed by atoms with Crippen molar-refractivity contribution in [3.05, 3.63) is 108 Å². The van der Waals surface area contributed by atoms with Crippen LogP contribution in [0.3, 0.4) is 0 Å². The minimum absolute atomic E-state index is 0.145. The Kier molecular flexibility index (Phi) is 7.84. The molecule has 43 heavy (non-hydrogen) atoms. The van der Waals surface area contributed by atoms with Gasteiger partial charge in [-0.25, -0.2) is 0 Å². The molecule has 3 aromatic carbocycles. The molecule has 2 heterocycles. The van der Waals surface area contributed by atoms with Gasteiger partial charge in [-0.2, -0.15) is 0 Å². The van der Waals surface area contributed by atoms with Gasteiger partial charge in [-0.15, -0.1) is 0 Å². The SMILES string of the molecule is c1ccc(COC2[C@H](OC34CC5CC(CC(C5)C3)C4)OC3COC(c4ccccc4)O[C@@H]3[C@@H]2OCc2ccccc2)cc1. The summed E-state index contributed by atoms with van der Waals surface area (Å²) >= 11 is 0. The van der Waals surface area contributed by atoms with Crippen LogP contribution in [0.5, 0.6) is 0 Å². The summed E-state index contributed by atoms with van der Waals surface area (Å²) in [6, 6.07) is 30.7. The Morgan fingerprint density at radius 2 is 1.16 bits per heavy atom. The summed E-state index contributed by atoms with van der Waals surface area (Å²) in [4.78, 5) is 0. The Labute approximate surface area is 254 Å². The number of benzene rings is 3. The van der Waals surface area contributed by atoms with Crippen molar-refractivity contribution in [2.45, 2.75) is 94.3 Å². The molecule has 2 aliphatic heterocycles. The fourth-order valence-corrected chi connectivity index (χ4v) is 8.74. The third-order valence-corrected chi connectivity index (χ3v) is 10.3. The van der Waals surface area contributed by atoms with E-state index in [0.29, 0.717) is 19.8 Å². The van der Waals surface area contributed by atoms with Crippen LogP contribution in [0.1, 0.15) is 61.5 Å². The van der Waals surface area contributed by atoms with Crippen molar-refractivity contribution in [1.82, 2.24) is 0 Å². The van der Waals surface area contributed by atoms with Gasteiger partial charge in [-0.1, -0.05) is 91.0 Å². The molecular weight excluding hydrogens is 540 g/mol. The van der Waals surface area contributed by atoms with E-state index in [-0.39, 0.29) is 17.8 Å². The lowest BCUT2D eigenvalue weighted by Gasteiger charge is -2.58. The molecule has 3 unspecified atom stereocenters. The Hall–Kier alpha value is -2.58. The second-order valence-electron chi connectivity index (χ2n) is 13.5. The molecule has 0 radical (unpaired) electrons. The van der Waals surface area contributed by atoms with Gasteiger partial charge in [-0.05, 0) is 67.4 Å². The van der Waals surface area contributed by atoms with E-state index in [4.69, 9.17) is 28.4 Å². The normalized spacial score (nSPS) is 38.1. The Balaban J connectivity index is 1.10. The van der Waals surface area contributed by atoms with Gasteiger partial charge in [0.25, 0.3) is 0 Å². The summed E-state index contributed by atoms with van der Waals surface area (Å²) in [6.45, 7) is 1.29. The van der Waals surface area contributed by atoms with Gasteiger partial charge in [0.1, 0.15) is 24.4 Å². The first-order valence-electron chi connectivity index (χ1n) is 16.2. The van der Waals surface area contributed by atoms with E-state index in [1.54, 1.807) is 0 Å². The monoisotopic (exact) mass is 582 g/mol. The van der Waals surface area contributed by atoms with Crippen molar-refractivity contribution in [2.75, 3.05) is 6.61 Å². The summed E-state index contributed by atoms with van der Waals surface area (Å²) in [6.07, 6.45) is 4.81. The van der Waals surface area contributed by atoms with Crippen LogP contribution in [-0.4, -0.2) is 42.9 Å². The van der Waals surface area contributed by atoms with Crippen LogP contribution >= 0.6 is 0 Å². The first kappa shape index (κ1) is 27.9. The largest absolute Gasteiger partial charge is 0.368 e. The number of hydrogen-bond acceptors (Lipinski definition) is 6. The number of fused-ring (bicyclic) bond motifs is 1. The van der Waals surface area contributed by atoms with Crippen LogP contribution in [0.4, 0.5) is 0 Å². The zero-order chi connectivity index (χ0) is 28.6. The second-order valence-corrected chi connectivity index (χ2v) is 13.5. The van der Waals surface area contributed by atoms with Crippen LogP contribution < -0.4 is 0 Å². The molecule has 0 aromatic heterocycles. The summed E-state index contributed by atoms with van der Waals surface area (Å²) < 4.78 is 40.6. The average Bonchev–Trinajstić information content (AvgIpc) is 3.03. The maximum atomic E-state index is 7.20. The minimum Gasteiger partial charge on any atom is -0.368 e. The Morgan fingerprint density at radius 3 is 1.74 bits per heavy atom. The molecule has 6 fully saturated rings. The van der Waals surface area contributed by atoms with E-state index in [1.807, 2.05) is 66.7 Å². The predicted octanol–water partition coefficient (Wildman–Crippen LogP) is 6.98. The summed E-state index contributed by atoms with van der Waals surface area (Å²) in [5.74, 6) is 2.30. The van der Waals surface area contributed by atoms with Crippen molar-refractivity contribution in [2.24, 2.45) is 17.8 Å². The molecule has 6 nitrogen and oxygen atoms in total. The van der Waals surface area contributed by atoms with Crippen LogP contribution in [0.2, 0.25) is 0 Å². The third kappa shape index (κ3) is 5.94. The van der Waals surface area contributed by atoms with E-state index in [1.165, 1.54) is 19.3 Å². The van der Waals surface area contributed by atoms with Crippen LogP contribution in [-0.2, 0) is 41.6 Å². The van der Waals surface area contributed by atoms with Gasteiger partial charge in [0.05, 0.1) is 25.4 Å². The summed E-state index contributed by atoms with van der Waals surface area (Å²) in [5, 5.41) is 0.